The molecular weight excluding hydrogens is 214 g/mol. The zero-order chi connectivity index (χ0) is 12.3. The van der Waals surface area contributed by atoms with Crippen LogP contribution >= 0.6 is 0 Å². The molecule has 17 heavy (non-hydrogen) atoms. The van der Waals surface area contributed by atoms with E-state index in [1.807, 2.05) is 38.2 Å². The Bertz CT molecular complexity index is 526. The highest BCUT2D eigenvalue weighted by Crippen LogP contribution is 2.31. The molecule has 1 heterocycles. The summed E-state index contributed by atoms with van der Waals surface area (Å²) in [6, 6.07) is 7.83. The standard InChI is InChI=1S/C13H15N3O/c1-9-12(15-8-16-13(9)14-2)10-6-4-5-7-11(10)17-3/h4-8H,1-3H3,(H,14,15,16). The van der Waals surface area contributed by atoms with Crippen LogP contribution in [0.3, 0.4) is 0 Å². The van der Waals surface area contributed by atoms with E-state index in [1.54, 1.807) is 13.4 Å². The number of benzene rings is 1. The third-order valence-corrected chi connectivity index (χ3v) is 2.68. The Balaban J connectivity index is 2.60. The van der Waals surface area contributed by atoms with Crippen molar-refractivity contribution in [2.75, 3.05) is 19.5 Å². The summed E-state index contributed by atoms with van der Waals surface area (Å²) in [5, 5.41) is 3.05. The number of hydrogen-bond donors (Lipinski definition) is 1. The average Bonchev–Trinajstić information content (AvgIpc) is 2.39. The number of ether oxygens (including phenoxy) is 1. The summed E-state index contributed by atoms with van der Waals surface area (Å²) in [7, 11) is 3.51. The molecule has 4 nitrogen and oxygen atoms in total. The van der Waals surface area contributed by atoms with Gasteiger partial charge in [0, 0.05) is 18.2 Å². The molecule has 0 spiro atoms. The number of nitrogens with one attached hydrogen (secondary N) is 1. The topological polar surface area (TPSA) is 47.0 Å². The van der Waals surface area contributed by atoms with Gasteiger partial charge in [-0.1, -0.05) is 12.1 Å². The van der Waals surface area contributed by atoms with Crippen LogP contribution in [-0.4, -0.2) is 24.1 Å². The molecule has 0 saturated carbocycles. The Kier molecular flexibility index (Phi) is 3.23. The smallest absolute Gasteiger partial charge is 0.132 e. The van der Waals surface area contributed by atoms with E-state index >= 15 is 0 Å². The van der Waals surface area contributed by atoms with Crippen molar-refractivity contribution in [1.29, 1.82) is 0 Å². The molecule has 1 aromatic heterocycles. The van der Waals surface area contributed by atoms with Gasteiger partial charge in [-0.2, -0.15) is 0 Å². The fourth-order valence-electron chi connectivity index (χ4n) is 1.81. The summed E-state index contributed by atoms with van der Waals surface area (Å²) in [6.07, 6.45) is 1.56. The first kappa shape index (κ1) is 11.4. The third-order valence-electron chi connectivity index (χ3n) is 2.68. The number of methoxy groups -OCH3 is 1. The average molecular weight is 229 g/mol. The highest BCUT2D eigenvalue weighted by Gasteiger charge is 2.11. The molecule has 1 N–H and O–H groups in total. The number of rotatable bonds is 3. The number of para-hydroxylation sites is 1. The molecule has 2 rings (SSSR count). The van der Waals surface area contributed by atoms with Gasteiger partial charge >= 0.3 is 0 Å². The minimum atomic E-state index is 0.816. The van der Waals surface area contributed by atoms with Crippen LogP contribution in [0.5, 0.6) is 5.75 Å². The highest BCUT2D eigenvalue weighted by atomic mass is 16.5. The van der Waals surface area contributed by atoms with E-state index in [-0.39, 0.29) is 0 Å². The van der Waals surface area contributed by atoms with Gasteiger partial charge in [0.1, 0.15) is 17.9 Å². The van der Waals surface area contributed by atoms with E-state index in [1.165, 1.54) is 0 Å². The van der Waals surface area contributed by atoms with E-state index in [0.717, 1.165) is 28.4 Å². The second-order valence-corrected chi connectivity index (χ2v) is 3.65. The molecule has 0 saturated heterocycles. The Hall–Kier alpha value is -2.10. The van der Waals surface area contributed by atoms with Crippen molar-refractivity contribution >= 4 is 5.82 Å². The number of hydrogen-bond acceptors (Lipinski definition) is 4. The molecule has 0 aliphatic carbocycles. The minimum absolute atomic E-state index is 0.816. The van der Waals surface area contributed by atoms with Crippen LogP contribution in [0.2, 0.25) is 0 Å². The molecule has 0 unspecified atom stereocenters. The summed E-state index contributed by atoms with van der Waals surface area (Å²) in [5.74, 6) is 1.65. The van der Waals surface area contributed by atoms with Crippen molar-refractivity contribution in [3.05, 3.63) is 36.2 Å². The van der Waals surface area contributed by atoms with E-state index in [2.05, 4.69) is 15.3 Å². The second kappa shape index (κ2) is 4.82. The fraction of sp³-hybridized carbons (Fsp3) is 0.231. The Morgan fingerprint density at radius 2 is 1.94 bits per heavy atom. The van der Waals surface area contributed by atoms with Crippen LogP contribution in [0.1, 0.15) is 5.56 Å². The maximum absolute atomic E-state index is 5.35. The molecule has 0 fully saturated rings. The van der Waals surface area contributed by atoms with Crippen molar-refractivity contribution in [2.45, 2.75) is 6.92 Å². The van der Waals surface area contributed by atoms with Gasteiger partial charge in [-0.15, -0.1) is 0 Å². The van der Waals surface area contributed by atoms with Gasteiger partial charge in [-0.3, -0.25) is 0 Å². The van der Waals surface area contributed by atoms with Gasteiger partial charge in [0.2, 0.25) is 0 Å². The molecule has 0 radical (unpaired) electrons. The number of nitrogens with zero attached hydrogens (tertiary/aromatic N) is 2. The van der Waals surface area contributed by atoms with Crippen LogP contribution in [0.25, 0.3) is 11.3 Å². The normalized spacial score (nSPS) is 10.1. The minimum Gasteiger partial charge on any atom is -0.496 e. The molecule has 0 bridgehead atoms. The zero-order valence-electron chi connectivity index (χ0n) is 10.2. The quantitative estimate of drug-likeness (QED) is 0.878. The Labute approximate surface area is 101 Å². The van der Waals surface area contributed by atoms with Crippen molar-refractivity contribution < 1.29 is 4.74 Å². The van der Waals surface area contributed by atoms with Gasteiger partial charge in [0.05, 0.1) is 12.8 Å². The third kappa shape index (κ3) is 2.06. The number of anilines is 1. The van der Waals surface area contributed by atoms with Gasteiger partial charge in [0.15, 0.2) is 0 Å². The van der Waals surface area contributed by atoms with E-state index in [0.29, 0.717) is 0 Å². The van der Waals surface area contributed by atoms with Crippen LogP contribution in [0.15, 0.2) is 30.6 Å². The van der Waals surface area contributed by atoms with Crippen molar-refractivity contribution in [1.82, 2.24) is 9.97 Å². The van der Waals surface area contributed by atoms with Crippen molar-refractivity contribution in [3.8, 4) is 17.0 Å². The van der Waals surface area contributed by atoms with Gasteiger partial charge in [0.25, 0.3) is 0 Å². The summed E-state index contributed by atoms with van der Waals surface area (Å²) in [5.41, 5.74) is 2.88. The van der Waals surface area contributed by atoms with Crippen molar-refractivity contribution in [2.24, 2.45) is 0 Å². The summed E-state index contributed by atoms with van der Waals surface area (Å²) < 4.78 is 5.35. The lowest BCUT2D eigenvalue weighted by Crippen LogP contribution is -2.00. The van der Waals surface area contributed by atoms with Crippen LogP contribution in [0, 0.1) is 6.92 Å². The first-order valence-corrected chi connectivity index (χ1v) is 5.40. The van der Waals surface area contributed by atoms with Gasteiger partial charge in [-0.25, -0.2) is 9.97 Å². The Morgan fingerprint density at radius 3 is 2.65 bits per heavy atom. The molecule has 0 amide bonds. The lowest BCUT2D eigenvalue weighted by molar-refractivity contribution is 0.416. The van der Waals surface area contributed by atoms with Crippen molar-refractivity contribution in [3.63, 3.8) is 0 Å². The summed E-state index contributed by atoms with van der Waals surface area (Å²) in [4.78, 5) is 8.51. The maximum Gasteiger partial charge on any atom is 0.132 e. The summed E-state index contributed by atoms with van der Waals surface area (Å²) >= 11 is 0. The lowest BCUT2D eigenvalue weighted by Gasteiger charge is -2.11. The van der Waals surface area contributed by atoms with Gasteiger partial charge in [-0.05, 0) is 19.1 Å². The predicted octanol–water partition coefficient (Wildman–Crippen LogP) is 2.50. The van der Waals surface area contributed by atoms with E-state index in [9.17, 15) is 0 Å². The first-order valence-electron chi connectivity index (χ1n) is 5.40. The SMILES string of the molecule is CNc1ncnc(-c2ccccc2OC)c1C. The Morgan fingerprint density at radius 1 is 1.18 bits per heavy atom. The molecule has 0 aliphatic heterocycles. The second-order valence-electron chi connectivity index (χ2n) is 3.65. The molecule has 2 aromatic rings. The predicted molar refractivity (Wildman–Crippen MR) is 68.3 cm³/mol. The van der Waals surface area contributed by atoms with Crippen LogP contribution < -0.4 is 10.1 Å². The molecular formula is C13H15N3O. The van der Waals surface area contributed by atoms with E-state index in [4.69, 9.17) is 4.74 Å². The zero-order valence-corrected chi connectivity index (χ0v) is 10.2. The molecule has 0 aliphatic rings. The van der Waals surface area contributed by atoms with Gasteiger partial charge < -0.3 is 10.1 Å². The largest absolute Gasteiger partial charge is 0.496 e. The molecule has 88 valence electrons. The van der Waals surface area contributed by atoms with Crippen LogP contribution in [-0.2, 0) is 0 Å². The molecule has 4 heteroatoms. The summed E-state index contributed by atoms with van der Waals surface area (Å²) in [6.45, 7) is 1.99. The van der Waals surface area contributed by atoms with E-state index < -0.39 is 0 Å². The van der Waals surface area contributed by atoms with Crippen LogP contribution in [0.4, 0.5) is 5.82 Å². The fourth-order valence-corrected chi connectivity index (χ4v) is 1.81. The highest BCUT2D eigenvalue weighted by molar-refractivity contribution is 5.72. The lowest BCUT2D eigenvalue weighted by atomic mass is 10.1. The maximum atomic E-state index is 5.35. The molecule has 1 aromatic carbocycles. The number of aromatic nitrogens is 2. The monoisotopic (exact) mass is 229 g/mol. The first-order chi connectivity index (χ1) is 8.27. The molecule has 0 atom stereocenters.